The van der Waals surface area contributed by atoms with E-state index in [1.54, 1.807) is 6.92 Å². The summed E-state index contributed by atoms with van der Waals surface area (Å²) in [7, 11) is 0. The van der Waals surface area contributed by atoms with Crippen molar-refractivity contribution in [3.8, 4) is 0 Å². The van der Waals surface area contributed by atoms with Gasteiger partial charge < -0.3 is 10.4 Å². The van der Waals surface area contributed by atoms with Crippen molar-refractivity contribution >= 4 is 23.2 Å². The largest absolute Gasteiger partial charge is 0.481 e. The maximum atomic E-state index is 12.3. The zero-order chi connectivity index (χ0) is 14.9. The van der Waals surface area contributed by atoms with Gasteiger partial charge in [-0.05, 0) is 45.2 Å². The second-order valence-electron chi connectivity index (χ2n) is 5.84. The second-order valence-corrected chi connectivity index (χ2v) is 7.10. The minimum absolute atomic E-state index is 0.148. The van der Waals surface area contributed by atoms with Crippen molar-refractivity contribution in [1.82, 2.24) is 5.32 Å². The van der Waals surface area contributed by atoms with Crippen LogP contribution in [0.5, 0.6) is 0 Å². The molecule has 2 N–H and O–H groups in total. The molecule has 1 fully saturated rings. The van der Waals surface area contributed by atoms with Crippen LogP contribution in [0.3, 0.4) is 0 Å². The molecule has 0 saturated heterocycles. The predicted octanol–water partition coefficient (Wildman–Crippen LogP) is 3.13. The third-order valence-electron chi connectivity index (χ3n) is 4.39. The van der Waals surface area contributed by atoms with Gasteiger partial charge in [0.1, 0.15) is 0 Å². The molecule has 1 aliphatic carbocycles. The average molecular weight is 295 g/mol. The lowest BCUT2D eigenvalue weighted by Gasteiger charge is -2.38. The highest BCUT2D eigenvalue weighted by Crippen LogP contribution is 2.36. The molecular formula is C15H21NO3S. The van der Waals surface area contributed by atoms with E-state index < -0.39 is 11.4 Å². The van der Waals surface area contributed by atoms with Crippen molar-refractivity contribution in [2.24, 2.45) is 5.41 Å². The number of rotatable bonds is 3. The van der Waals surface area contributed by atoms with E-state index in [0.29, 0.717) is 11.3 Å². The van der Waals surface area contributed by atoms with E-state index in [4.69, 9.17) is 0 Å². The highest BCUT2D eigenvalue weighted by atomic mass is 32.1. The Morgan fingerprint density at radius 2 is 2.10 bits per heavy atom. The van der Waals surface area contributed by atoms with Gasteiger partial charge in [-0.2, -0.15) is 0 Å². The fourth-order valence-corrected chi connectivity index (χ4v) is 3.67. The number of aryl methyl sites for hydroxylation is 2. The van der Waals surface area contributed by atoms with Crippen molar-refractivity contribution in [1.29, 1.82) is 0 Å². The van der Waals surface area contributed by atoms with E-state index in [2.05, 4.69) is 5.32 Å². The van der Waals surface area contributed by atoms with Crippen LogP contribution in [0.15, 0.2) is 6.07 Å². The SMILES string of the molecule is Cc1cc(C(=O)NC2CCCCC2(C)C(=O)O)sc1C. The lowest BCUT2D eigenvalue weighted by molar-refractivity contribution is -0.151. The van der Waals surface area contributed by atoms with Crippen LogP contribution in [-0.2, 0) is 4.79 Å². The standard InChI is InChI=1S/C15H21NO3S/c1-9-8-11(20-10(9)2)13(17)16-12-6-4-5-7-15(12,3)14(18)19/h8,12H,4-7H2,1-3H3,(H,16,17)(H,18,19). The first-order chi connectivity index (χ1) is 9.34. The molecule has 110 valence electrons. The maximum absolute atomic E-state index is 12.3. The Bertz CT molecular complexity index is 518. The number of carbonyl (C=O) groups excluding carboxylic acids is 1. The molecular weight excluding hydrogens is 274 g/mol. The number of hydrogen-bond acceptors (Lipinski definition) is 3. The molecule has 5 heteroatoms. The molecule has 20 heavy (non-hydrogen) atoms. The van der Waals surface area contributed by atoms with Gasteiger partial charge in [-0.15, -0.1) is 11.3 Å². The number of thiophene rings is 1. The number of nitrogens with one attached hydrogen (secondary N) is 1. The van der Waals surface area contributed by atoms with Gasteiger partial charge in [0, 0.05) is 10.9 Å². The van der Waals surface area contributed by atoms with Crippen molar-refractivity contribution < 1.29 is 14.7 Å². The summed E-state index contributed by atoms with van der Waals surface area (Å²) in [6.45, 7) is 5.70. The Hall–Kier alpha value is -1.36. The zero-order valence-electron chi connectivity index (χ0n) is 12.2. The van der Waals surface area contributed by atoms with Crippen LogP contribution >= 0.6 is 11.3 Å². The van der Waals surface area contributed by atoms with Crippen molar-refractivity contribution in [2.75, 3.05) is 0 Å². The van der Waals surface area contributed by atoms with Crippen LogP contribution in [0.2, 0.25) is 0 Å². The molecule has 1 amide bonds. The summed E-state index contributed by atoms with van der Waals surface area (Å²) in [6.07, 6.45) is 3.23. The number of hydrogen-bond donors (Lipinski definition) is 2. The molecule has 4 nitrogen and oxygen atoms in total. The monoisotopic (exact) mass is 295 g/mol. The third-order valence-corrected chi connectivity index (χ3v) is 5.54. The van der Waals surface area contributed by atoms with Gasteiger partial charge in [0.25, 0.3) is 5.91 Å². The summed E-state index contributed by atoms with van der Waals surface area (Å²) in [5.74, 6) is -0.966. The molecule has 1 heterocycles. The summed E-state index contributed by atoms with van der Waals surface area (Å²) in [6, 6.07) is 1.58. The topological polar surface area (TPSA) is 66.4 Å². The molecule has 0 spiro atoms. The number of carboxylic acids is 1. The van der Waals surface area contributed by atoms with E-state index in [0.717, 1.165) is 29.7 Å². The van der Waals surface area contributed by atoms with Crippen LogP contribution in [-0.4, -0.2) is 23.0 Å². The fraction of sp³-hybridized carbons (Fsp3) is 0.600. The Balaban J connectivity index is 2.15. The van der Waals surface area contributed by atoms with Crippen molar-refractivity contribution in [2.45, 2.75) is 52.5 Å². The number of amides is 1. The van der Waals surface area contributed by atoms with Crippen LogP contribution < -0.4 is 5.32 Å². The Morgan fingerprint density at radius 1 is 1.40 bits per heavy atom. The highest BCUT2D eigenvalue weighted by molar-refractivity contribution is 7.14. The summed E-state index contributed by atoms with van der Waals surface area (Å²) in [4.78, 5) is 25.6. The van der Waals surface area contributed by atoms with Crippen LogP contribution in [0.25, 0.3) is 0 Å². The quantitative estimate of drug-likeness (QED) is 0.900. The lowest BCUT2D eigenvalue weighted by atomic mass is 9.71. The number of aliphatic carboxylic acids is 1. The molecule has 1 aliphatic rings. The Morgan fingerprint density at radius 3 is 2.65 bits per heavy atom. The minimum Gasteiger partial charge on any atom is -0.481 e. The van der Waals surface area contributed by atoms with E-state index in [1.165, 1.54) is 11.3 Å². The molecule has 0 radical (unpaired) electrons. The zero-order valence-corrected chi connectivity index (χ0v) is 13.0. The molecule has 0 aromatic carbocycles. The van der Waals surface area contributed by atoms with Gasteiger partial charge in [0.2, 0.25) is 0 Å². The van der Waals surface area contributed by atoms with Gasteiger partial charge >= 0.3 is 5.97 Å². The van der Waals surface area contributed by atoms with Crippen LogP contribution in [0.4, 0.5) is 0 Å². The van der Waals surface area contributed by atoms with E-state index in [1.807, 2.05) is 19.9 Å². The number of carboxylic acid groups (broad SMARTS) is 1. The predicted molar refractivity (Wildman–Crippen MR) is 79.3 cm³/mol. The smallest absolute Gasteiger partial charge is 0.311 e. The minimum atomic E-state index is -0.852. The molecule has 2 unspecified atom stereocenters. The molecule has 2 atom stereocenters. The average Bonchev–Trinajstić information content (AvgIpc) is 2.72. The molecule has 1 aromatic rings. The first-order valence-electron chi connectivity index (χ1n) is 6.96. The van der Waals surface area contributed by atoms with E-state index >= 15 is 0 Å². The number of carbonyl (C=O) groups is 2. The first-order valence-corrected chi connectivity index (χ1v) is 7.77. The Kier molecular flexibility index (Phi) is 4.18. The normalized spacial score (nSPS) is 26.2. The van der Waals surface area contributed by atoms with Gasteiger partial charge in [-0.1, -0.05) is 12.8 Å². The molecule has 1 saturated carbocycles. The van der Waals surface area contributed by atoms with Gasteiger partial charge in [-0.3, -0.25) is 9.59 Å². The van der Waals surface area contributed by atoms with Crippen molar-refractivity contribution in [3.63, 3.8) is 0 Å². The first kappa shape index (κ1) is 15.0. The third kappa shape index (κ3) is 2.73. The van der Waals surface area contributed by atoms with Gasteiger partial charge in [0.15, 0.2) is 0 Å². The van der Waals surface area contributed by atoms with Gasteiger partial charge in [-0.25, -0.2) is 0 Å². The maximum Gasteiger partial charge on any atom is 0.311 e. The van der Waals surface area contributed by atoms with Gasteiger partial charge in [0.05, 0.1) is 10.3 Å². The summed E-state index contributed by atoms with van der Waals surface area (Å²) >= 11 is 1.46. The van der Waals surface area contributed by atoms with E-state index in [9.17, 15) is 14.7 Å². The Labute approximate surface area is 123 Å². The second kappa shape index (κ2) is 5.56. The van der Waals surface area contributed by atoms with E-state index in [-0.39, 0.29) is 11.9 Å². The molecule has 0 bridgehead atoms. The molecule has 1 aromatic heterocycles. The molecule has 2 rings (SSSR count). The fourth-order valence-electron chi connectivity index (χ4n) is 2.74. The summed E-state index contributed by atoms with van der Waals surface area (Å²) in [5, 5.41) is 12.4. The lowest BCUT2D eigenvalue weighted by Crippen LogP contribution is -2.52. The molecule has 0 aliphatic heterocycles. The van der Waals surface area contributed by atoms with Crippen LogP contribution in [0, 0.1) is 19.3 Å². The van der Waals surface area contributed by atoms with Crippen LogP contribution in [0.1, 0.15) is 52.7 Å². The summed E-state index contributed by atoms with van der Waals surface area (Å²) in [5.41, 5.74) is 0.250. The van der Waals surface area contributed by atoms with Crippen molar-refractivity contribution in [3.05, 3.63) is 21.4 Å². The summed E-state index contributed by atoms with van der Waals surface area (Å²) < 4.78 is 0. The highest BCUT2D eigenvalue weighted by Gasteiger charge is 2.44.